The van der Waals surface area contributed by atoms with Crippen molar-refractivity contribution in [2.45, 2.75) is 6.18 Å². The van der Waals surface area contributed by atoms with Crippen molar-refractivity contribution in [2.24, 2.45) is 0 Å². The summed E-state index contributed by atoms with van der Waals surface area (Å²) < 4.78 is 52.0. The number of hydrogen-bond donors (Lipinski definition) is 2. The standard InChI is InChI=1S/C13H9ClF4N2/c14-7-4-5-10(8(6-7)13(16,17)18)20-11-3-1-2-9(15)12(11)19/h1-6,20H,19H2. The van der Waals surface area contributed by atoms with E-state index in [1.807, 2.05) is 0 Å². The van der Waals surface area contributed by atoms with Crippen LogP contribution in [-0.4, -0.2) is 0 Å². The molecule has 0 fully saturated rings. The number of nitrogen functional groups attached to an aromatic ring is 1. The average Bonchev–Trinajstić information content (AvgIpc) is 2.36. The van der Waals surface area contributed by atoms with Crippen molar-refractivity contribution in [3.8, 4) is 0 Å². The van der Waals surface area contributed by atoms with Gasteiger partial charge in [-0.25, -0.2) is 4.39 Å². The van der Waals surface area contributed by atoms with Crippen molar-refractivity contribution in [3.05, 3.63) is 52.8 Å². The first-order valence-electron chi connectivity index (χ1n) is 5.47. The molecule has 2 aromatic rings. The molecule has 0 bridgehead atoms. The molecule has 106 valence electrons. The predicted octanol–water partition coefficient (Wildman–Crippen LogP) is 4.82. The number of alkyl halides is 3. The highest BCUT2D eigenvalue weighted by Gasteiger charge is 2.34. The van der Waals surface area contributed by atoms with E-state index in [1.165, 1.54) is 18.2 Å². The molecular formula is C13H9ClF4N2. The summed E-state index contributed by atoms with van der Waals surface area (Å²) in [5.41, 5.74) is 4.07. The van der Waals surface area contributed by atoms with Crippen LogP contribution in [0.15, 0.2) is 36.4 Å². The molecule has 2 nitrogen and oxygen atoms in total. The molecule has 0 saturated heterocycles. The minimum Gasteiger partial charge on any atom is -0.395 e. The maximum atomic E-state index is 13.3. The van der Waals surface area contributed by atoms with Crippen LogP contribution in [0.1, 0.15) is 5.56 Å². The quantitative estimate of drug-likeness (QED) is 0.616. The summed E-state index contributed by atoms with van der Waals surface area (Å²) in [7, 11) is 0. The Morgan fingerprint density at radius 1 is 1.05 bits per heavy atom. The maximum absolute atomic E-state index is 13.3. The largest absolute Gasteiger partial charge is 0.418 e. The van der Waals surface area contributed by atoms with Crippen molar-refractivity contribution >= 4 is 28.7 Å². The summed E-state index contributed by atoms with van der Waals surface area (Å²) in [5.74, 6) is -0.711. The van der Waals surface area contributed by atoms with Gasteiger partial charge in [0.2, 0.25) is 0 Å². The van der Waals surface area contributed by atoms with E-state index in [0.717, 1.165) is 18.2 Å². The van der Waals surface area contributed by atoms with Gasteiger partial charge in [-0.05, 0) is 30.3 Å². The lowest BCUT2D eigenvalue weighted by Crippen LogP contribution is -2.09. The highest BCUT2D eigenvalue weighted by atomic mass is 35.5. The highest BCUT2D eigenvalue weighted by Crippen LogP contribution is 2.38. The van der Waals surface area contributed by atoms with Gasteiger partial charge in [-0.15, -0.1) is 0 Å². The fourth-order valence-corrected chi connectivity index (χ4v) is 1.82. The predicted molar refractivity (Wildman–Crippen MR) is 70.5 cm³/mol. The Labute approximate surface area is 117 Å². The number of anilines is 3. The molecule has 0 aliphatic heterocycles. The van der Waals surface area contributed by atoms with Gasteiger partial charge in [0.25, 0.3) is 0 Å². The topological polar surface area (TPSA) is 38.0 Å². The lowest BCUT2D eigenvalue weighted by molar-refractivity contribution is -0.136. The van der Waals surface area contributed by atoms with Crippen LogP contribution in [0.2, 0.25) is 5.02 Å². The van der Waals surface area contributed by atoms with Crippen molar-refractivity contribution in [1.29, 1.82) is 0 Å². The van der Waals surface area contributed by atoms with Gasteiger partial charge in [-0.3, -0.25) is 0 Å². The second kappa shape index (κ2) is 5.20. The molecule has 0 spiro atoms. The van der Waals surface area contributed by atoms with E-state index >= 15 is 0 Å². The monoisotopic (exact) mass is 304 g/mol. The van der Waals surface area contributed by atoms with E-state index < -0.39 is 17.6 Å². The molecule has 20 heavy (non-hydrogen) atoms. The van der Waals surface area contributed by atoms with Crippen molar-refractivity contribution in [1.82, 2.24) is 0 Å². The van der Waals surface area contributed by atoms with Gasteiger partial charge in [0.05, 0.1) is 22.6 Å². The third-order valence-corrected chi connectivity index (χ3v) is 2.84. The number of nitrogens with one attached hydrogen (secondary N) is 1. The van der Waals surface area contributed by atoms with E-state index in [4.69, 9.17) is 17.3 Å². The fraction of sp³-hybridized carbons (Fsp3) is 0.0769. The minimum atomic E-state index is -4.59. The number of para-hydroxylation sites is 1. The van der Waals surface area contributed by atoms with E-state index in [2.05, 4.69) is 5.32 Å². The van der Waals surface area contributed by atoms with E-state index in [9.17, 15) is 17.6 Å². The smallest absolute Gasteiger partial charge is 0.395 e. The van der Waals surface area contributed by atoms with Gasteiger partial charge in [-0.2, -0.15) is 13.2 Å². The first-order valence-corrected chi connectivity index (χ1v) is 5.84. The summed E-state index contributed by atoms with van der Waals surface area (Å²) in [6, 6.07) is 7.10. The van der Waals surface area contributed by atoms with Crippen LogP contribution in [0.4, 0.5) is 34.6 Å². The van der Waals surface area contributed by atoms with Gasteiger partial charge in [0.1, 0.15) is 5.82 Å². The van der Waals surface area contributed by atoms with Crippen molar-refractivity contribution in [2.75, 3.05) is 11.1 Å². The Balaban J connectivity index is 2.46. The maximum Gasteiger partial charge on any atom is 0.418 e. The lowest BCUT2D eigenvalue weighted by Gasteiger charge is -2.16. The SMILES string of the molecule is Nc1c(F)cccc1Nc1ccc(Cl)cc1C(F)(F)F. The van der Waals surface area contributed by atoms with Gasteiger partial charge in [-0.1, -0.05) is 17.7 Å². The Bertz CT molecular complexity index is 641. The number of benzene rings is 2. The molecule has 0 aliphatic carbocycles. The number of halogens is 5. The summed E-state index contributed by atoms with van der Waals surface area (Å²) in [6.07, 6.45) is -4.59. The van der Waals surface area contributed by atoms with Crippen LogP contribution in [0.3, 0.4) is 0 Å². The Hall–Kier alpha value is -1.95. The van der Waals surface area contributed by atoms with Gasteiger partial charge in [0, 0.05) is 5.02 Å². The second-order valence-electron chi connectivity index (χ2n) is 4.01. The summed E-state index contributed by atoms with van der Waals surface area (Å²) in [6.45, 7) is 0. The van der Waals surface area contributed by atoms with Crippen LogP contribution in [-0.2, 0) is 6.18 Å². The number of rotatable bonds is 2. The summed E-state index contributed by atoms with van der Waals surface area (Å²) in [5, 5.41) is 2.43. The number of nitrogens with two attached hydrogens (primary N) is 1. The zero-order valence-corrected chi connectivity index (χ0v) is 10.7. The minimum absolute atomic E-state index is 0.0462. The van der Waals surface area contributed by atoms with Gasteiger partial charge < -0.3 is 11.1 Å². The van der Waals surface area contributed by atoms with E-state index in [0.29, 0.717) is 0 Å². The molecule has 0 unspecified atom stereocenters. The molecule has 2 rings (SSSR count). The zero-order valence-electron chi connectivity index (χ0n) is 9.93. The van der Waals surface area contributed by atoms with E-state index in [1.54, 1.807) is 0 Å². The summed E-state index contributed by atoms with van der Waals surface area (Å²) >= 11 is 5.57. The van der Waals surface area contributed by atoms with Crippen molar-refractivity contribution in [3.63, 3.8) is 0 Å². The normalized spacial score (nSPS) is 11.4. The Morgan fingerprint density at radius 2 is 1.75 bits per heavy atom. The van der Waals surface area contributed by atoms with Crippen LogP contribution < -0.4 is 11.1 Å². The Morgan fingerprint density at radius 3 is 2.40 bits per heavy atom. The van der Waals surface area contributed by atoms with Crippen LogP contribution in [0, 0.1) is 5.82 Å². The molecule has 0 amide bonds. The number of hydrogen-bond acceptors (Lipinski definition) is 2. The molecule has 0 radical (unpaired) electrons. The Kier molecular flexibility index (Phi) is 3.76. The molecule has 7 heteroatoms. The zero-order chi connectivity index (χ0) is 14.9. The van der Waals surface area contributed by atoms with Crippen LogP contribution in [0.25, 0.3) is 0 Å². The molecular weight excluding hydrogens is 296 g/mol. The molecule has 0 heterocycles. The van der Waals surface area contributed by atoms with Crippen LogP contribution in [0.5, 0.6) is 0 Å². The van der Waals surface area contributed by atoms with Crippen LogP contribution >= 0.6 is 11.6 Å². The first kappa shape index (κ1) is 14.5. The second-order valence-corrected chi connectivity index (χ2v) is 4.45. The van der Waals surface area contributed by atoms with Crippen molar-refractivity contribution < 1.29 is 17.6 Å². The lowest BCUT2D eigenvalue weighted by atomic mass is 10.1. The fourth-order valence-electron chi connectivity index (χ4n) is 1.65. The molecule has 0 aliphatic rings. The summed E-state index contributed by atoms with van der Waals surface area (Å²) in [4.78, 5) is 0. The first-order chi connectivity index (χ1) is 9.29. The molecule has 2 aromatic carbocycles. The molecule has 0 atom stereocenters. The van der Waals surface area contributed by atoms with Gasteiger partial charge in [0.15, 0.2) is 0 Å². The average molecular weight is 305 g/mol. The third kappa shape index (κ3) is 2.96. The molecule has 0 saturated carbocycles. The molecule has 3 N–H and O–H groups in total. The van der Waals surface area contributed by atoms with Gasteiger partial charge >= 0.3 is 6.18 Å². The van der Waals surface area contributed by atoms with E-state index in [-0.39, 0.29) is 22.1 Å². The molecule has 0 aromatic heterocycles. The highest BCUT2D eigenvalue weighted by molar-refractivity contribution is 6.30. The third-order valence-electron chi connectivity index (χ3n) is 2.61.